The number of carbonyl (C=O) groups excluding carboxylic acids is 1. The molecule has 138 valence electrons. The number of benzene rings is 1. The van der Waals surface area contributed by atoms with Crippen molar-refractivity contribution in [2.24, 2.45) is 0 Å². The lowest BCUT2D eigenvalue weighted by Crippen LogP contribution is -2.54. The number of hydrogen-bond acceptors (Lipinski definition) is 4. The van der Waals surface area contributed by atoms with Crippen molar-refractivity contribution in [2.75, 3.05) is 39.3 Å². The van der Waals surface area contributed by atoms with Gasteiger partial charge in [-0.2, -0.15) is 0 Å². The molecule has 1 aromatic rings. The van der Waals surface area contributed by atoms with E-state index in [1.54, 1.807) is 0 Å². The van der Waals surface area contributed by atoms with E-state index in [1.807, 2.05) is 31.2 Å². The Morgan fingerprint density at radius 3 is 2.64 bits per heavy atom. The molecule has 1 amide bonds. The maximum Gasteiger partial charge on any atom is 0.237 e. The van der Waals surface area contributed by atoms with E-state index in [4.69, 9.17) is 16.3 Å². The molecule has 0 aromatic heterocycles. The highest BCUT2D eigenvalue weighted by Gasteiger charge is 2.27. The van der Waals surface area contributed by atoms with Gasteiger partial charge >= 0.3 is 0 Å². The Labute approximate surface area is 155 Å². The summed E-state index contributed by atoms with van der Waals surface area (Å²) in [6.07, 6.45) is 2.78. The third-order valence-corrected chi connectivity index (χ3v) is 5.45. The lowest BCUT2D eigenvalue weighted by molar-refractivity contribution is -0.126. The van der Waals surface area contributed by atoms with Crippen molar-refractivity contribution in [3.05, 3.63) is 34.9 Å². The first kappa shape index (κ1) is 18.6. The van der Waals surface area contributed by atoms with Gasteiger partial charge in [0.25, 0.3) is 0 Å². The van der Waals surface area contributed by atoms with Crippen LogP contribution in [0.5, 0.6) is 0 Å². The van der Waals surface area contributed by atoms with Crippen molar-refractivity contribution in [2.45, 2.75) is 38.5 Å². The number of ether oxygens (including phenoxy) is 1. The number of nitrogens with zero attached hydrogens (tertiary/aromatic N) is 2. The van der Waals surface area contributed by atoms with Crippen LogP contribution in [0, 0.1) is 0 Å². The Morgan fingerprint density at radius 2 is 2.00 bits per heavy atom. The number of nitrogens with one attached hydrogen (secondary N) is 1. The van der Waals surface area contributed by atoms with Crippen LogP contribution in [0.3, 0.4) is 0 Å². The molecule has 0 radical (unpaired) electrons. The van der Waals surface area contributed by atoms with E-state index in [1.165, 1.54) is 12.8 Å². The zero-order valence-corrected chi connectivity index (χ0v) is 15.7. The van der Waals surface area contributed by atoms with E-state index in [-0.39, 0.29) is 11.9 Å². The summed E-state index contributed by atoms with van der Waals surface area (Å²) >= 11 is 5.89. The SMILES string of the molecule is CC(C(=O)NCc1ccc(Cl)cc1)N1CCN(CC2CCCO2)CC1. The van der Waals surface area contributed by atoms with Gasteiger partial charge in [-0.3, -0.25) is 14.6 Å². The van der Waals surface area contributed by atoms with Crippen LogP contribution in [0.2, 0.25) is 5.02 Å². The van der Waals surface area contributed by atoms with Gasteiger partial charge in [-0.1, -0.05) is 23.7 Å². The van der Waals surface area contributed by atoms with Crippen molar-refractivity contribution < 1.29 is 9.53 Å². The molecule has 6 heteroatoms. The summed E-state index contributed by atoms with van der Waals surface area (Å²) in [5.74, 6) is 0.0857. The molecule has 0 bridgehead atoms. The monoisotopic (exact) mass is 365 g/mol. The van der Waals surface area contributed by atoms with Crippen molar-refractivity contribution >= 4 is 17.5 Å². The topological polar surface area (TPSA) is 44.8 Å². The summed E-state index contributed by atoms with van der Waals surface area (Å²) in [6.45, 7) is 8.36. The predicted molar refractivity (Wildman–Crippen MR) is 99.7 cm³/mol. The summed E-state index contributed by atoms with van der Waals surface area (Å²) in [5.41, 5.74) is 1.06. The van der Waals surface area contributed by atoms with Gasteiger partial charge in [0, 0.05) is 50.9 Å². The average molecular weight is 366 g/mol. The highest BCUT2D eigenvalue weighted by molar-refractivity contribution is 6.30. The van der Waals surface area contributed by atoms with E-state index in [0.717, 1.165) is 44.9 Å². The first-order valence-electron chi connectivity index (χ1n) is 9.22. The summed E-state index contributed by atoms with van der Waals surface area (Å²) in [7, 11) is 0. The van der Waals surface area contributed by atoms with Gasteiger partial charge in [0.15, 0.2) is 0 Å². The number of piperazine rings is 1. The average Bonchev–Trinajstić information content (AvgIpc) is 3.14. The Morgan fingerprint density at radius 1 is 1.28 bits per heavy atom. The molecule has 1 aromatic carbocycles. The Bertz CT molecular complexity index is 552. The van der Waals surface area contributed by atoms with Gasteiger partial charge in [0.2, 0.25) is 5.91 Å². The minimum absolute atomic E-state index is 0.0857. The second-order valence-electron chi connectivity index (χ2n) is 6.99. The quantitative estimate of drug-likeness (QED) is 0.839. The van der Waals surface area contributed by atoms with Crippen LogP contribution in [0.15, 0.2) is 24.3 Å². The number of rotatable bonds is 6. The van der Waals surface area contributed by atoms with Crippen molar-refractivity contribution in [3.63, 3.8) is 0 Å². The van der Waals surface area contributed by atoms with Gasteiger partial charge in [-0.05, 0) is 37.5 Å². The lowest BCUT2D eigenvalue weighted by Gasteiger charge is -2.38. The van der Waals surface area contributed by atoms with E-state index >= 15 is 0 Å². The maximum atomic E-state index is 12.4. The molecule has 0 aliphatic carbocycles. The minimum Gasteiger partial charge on any atom is -0.377 e. The molecule has 3 rings (SSSR count). The van der Waals surface area contributed by atoms with Crippen LogP contribution < -0.4 is 5.32 Å². The van der Waals surface area contributed by atoms with Crippen molar-refractivity contribution in [1.82, 2.24) is 15.1 Å². The summed E-state index contributed by atoms with van der Waals surface area (Å²) in [5, 5.41) is 3.74. The summed E-state index contributed by atoms with van der Waals surface area (Å²) in [6, 6.07) is 7.48. The molecule has 2 fully saturated rings. The maximum absolute atomic E-state index is 12.4. The minimum atomic E-state index is -0.0998. The third-order valence-electron chi connectivity index (χ3n) is 5.20. The molecule has 2 atom stereocenters. The van der Waals surface area contributed by atoms with E-state index in [9.17, 15) is 4.79 Å². The molecular weight excluding hydrogens is 338 g/mol. The number of halogens is 1. The molecule has 1 N–H and O–H groups in total. The van der Waals surface area contributed by atoms with Crippen LogP contribution in [-0.4, -0.2) is 67.2 Å². The van der Waals surface area contributed by atoms with Crippen LogP contribution in [0.4, 0.5) is 0 Å². The molecule has 25 heavy (non-hydrogen) atoms. The molecule has 2 aliphatic rings. The molecule has 0 saturated carbocycles. The molecule has 5 nitrogen and oxygen atoms in total. The highest BCUT2D eigenvalue weighted by atomic mass is 35.5. The Kier molecular flexibility index (Phi) is 6.70. The van der Waals surface area contributed by atoms with Crippen molar-refractivity contribution in [1.29, 1.82) is 0 Å². The number of amides is 1. The van der Waals surface area contributed by atoms with Crippen LogP contribution in [0.1, 0.15) is 25.3 Å². The molecule has 2 aliphatic heterocycles. The largest absolute Gasteiger partial charge is 0.377 e. The molecule has 2 unspecified atom stereocenters. The van der Waals surface area contributed by atoms with E-state index < -0.39 is 0 Å². The number of hydrogen-bond donors (Lipinski definition) is 1. The van der Waals surface area contributed by atoms with Gasteiger partial charge in [-0.15, -0.1) is 0 Å². The number of carbonyl (C=O) groups is 1. The second-order valence-corrected chi connectivity index (χ2v) is 7.43. The third kappa shape index (κ3) is 5.42. The Balaban J connectivity index is 1.39. The zero-order chi connectivity index (χ0) is 17.6. The smallest absolute Gasteiger partial charge is 0.237 e. The van der Waals surface area contributed by atoms with Crippen LogP contribution >= 0.6 is 11.6 Å². The first-order valence-corrected chi connectivity index (χ1v) is 9.60. The van der Waals surface area contributed by atoms with Gasteiger partial charge in [-0.25, -0.2) is 0 Å². The molecule has 2 heterocycles. The van der Waals surface area contributed by atoms with E-state index in [2.05, 4.69) is 15.1 Å². The molecular formula is C19H28ClN3O2. The fourth-order valence-electron chi connectivity index (χ4n) is 3.51. The predicted octanol–water partition coefficient (Wildman–Crippen LogP) is 2.14. The first-order chi connectivity index (χ1) is 12.1. The normalized spacial score (nSPS) is 23.5. The standard InChI is InChI=1S/C19H28ClN3O2/c1-15(19(24)21-13-16-4-6-17(20)7-5-16)23-10-8-22(9-11-23)14-18-3-2-12-25-18/h4-7,15,18H,2-3,8-14H2,1H3,(H,21,24). The van der Waals surface area contributed by atoms with Gasteiger partial charge in [0.05, 0.1) is 12.1 Å². The molecule has 2 saturated heterocycles. The Hall–Kier alpha value is -1.14. The molecule has 0 spiro atoms. The zero-order valence-electron chi connectivity index (χ0n) is 14.9. The fourth-order valence-corrected chi connectivity index (χ4v) is 3.64. The van der Waals surface area contributed by atoms with Crippen molar-refractivity contribution in [3.8, 4) is 0 Å². The second kappa shape index (κ2) is 8.99. The van der Waals surface area contributed by atoms with Gasteiger partial charge < -0.3 is 10.1 Å². The van der Waals surface area contributed by atoms with Crippen LogP contribution in [-0.2, 0) is 16.1 Å². The highest BCUT2D eigenvalue weighted by Crippen LogP contribution is 2.15. The lowest BCUT2D eigenvalue weighted by atomic mass is 10.1. The van der Waals surface area contributed by atoms with Gasteiger partial charge in [0.1, 0.15) is 0 Å². The van der Waals surface area contributed by atoms with Crippen LogP contribution in [0.25, 0.3) is 0 Å². The summed E-state index contributed by atoms with van der Waals surface area (Å²) < 4.78 is 5.72. The van der Waals surface area contributed by atoms with E-state index in [0.29, 0.717) is 17.7 Å². The summed E-state index contributed by atoms with van der Waals surface area (Å²) in [4.78, 5) is 17.2. The fraction of sp³-hybridized carbons (Fsp3) is 0.632.